The van der Waals surface area contributed by atoms with Crippen LogP contribution >= 0.6 is 0 Å². The van der Waals surface area contributed by atoms with Gasteiger partial charge in [-0.1, -0.05) is 29.8 Å². The van der Waals surface area contributed by atoms with Gasteiger partial charge in [-0.05, 0) is 50.5 Å². The summed E-state index contributed by atoms with van der Waals surface area (Å²) in [4.78, 5) is 30.4. The van der Waals surface area contributed by atoms with Gasteiger partial charge in [0.15, 0.2) is 0 Å². The highest BCUT2D eigenvalue weighted by atomic mass is 16.5. The average molecular weight is 446 g/mol. The van der Waals surface area contributed by atoms with Crippen molar-refractivity contribution in [1.82, 2.24) is 19.9 Å². The van der Waals surface area contributed by atoms with Crippen LogP contribution in [0.4, 0.5) is 5.95 Å². The molecule has 33 heavy (non-hydrogen) atoms. The van der Waals surface area contributed by atoms with Crippen molar-refractivity contribution < 1.29 is 9.53 Å². The van der Waals surface area contributed by atoms with E-state index in [1.54, 1.807) is 6.20 Å². The highest BCUT2D eigenvalue weighted by molar-refractivity contribution is 5.95. The van der Waals surface area contributed by atoms with Gasteiger partial charge in [0.1, 0.15) is 6.10 Å². The standard InChI is InChI=1S/C26H31N5O2/c1-17-6-8-20(9-7-17)13-21-12-18(2)28-23(14-21)24-16-31(10-11-33-24)25(32)22-15-27-26(30(4)5)29-19(22)3/h6-9,12,14-15,24H,10-11,13,16H2,1-5H3. The maximum absolute atomic E-state index is 13.2. The maximum atomic E-state index is 13.2. The zero-order valence-corrected chi connectivity index (χ0v) is 20.0. The van der Waals surface area contributed by atoms with Gasteiger partial charge >= 0.3 is 0 Å². The number of rotatable bonds is 5. The molecule has 0 bridgehead atoms. The molecule has 3 aromatic rings. The number of carbonyl (C=O) groups excluding carboxylic acids is 1. The Kier molecular flexibility index (Phi) is 6.70. The Morgan fingerprint density at radius 2 is 1.85 bits per heavy atom. The highest BCUT2D eigenvalue weighted by Gasteiger charge is 2.28. The van der Waals surface area contributed by atoms with Crippen molar-refractivity contribution in [2.75, 3.05) is 38.7 Å². The number of amides is 1. The summed E-state index contributed by atoms with van der Waals surface area (Å²) in [5.41, 5.74) is 6.72. The van der Waals surface area contributed by atoms with E-state index < -0.39 is 0 Å². The van der Waals surface area contributed by atoms with Gasteiger partial charge in [-0.25, -0.2) is 9.97 Å². The molecule has 172 valence electrons. The van der Waals surface area contributed by atoms with Crippen LogP contribution in [0.2, 0.25) is 0 Å². The second kappa shape index (κ2) is 9.67. The van der Waals surface area contributed by atoms with Crippen LogP contribution in [-0.2, 0) is 11.2 Å². The van der Waals surface area contributed by atoms with Crippen LogP contribution in [0.1, 0.15) is 50.2 Å². The van der Waals surface area contributed by atoms with Crippen molar-refractivity contribution in [3.05, 3.63) is 81.9 Å². The lowest BCUT2D eigenvalue weighted by atomic mass is 10.0. The number of carbonyl (C=O) groups is 1. The number of anilines is 1. The number of aromatic nitrogens is 3. The Balaban J connectivity index is 1.52. The minimum atomic E-state index is -0.262. The molecule has 7 nitrogen and oxygen atoms in total. The van der Waals surface area contributed by atoms with Crippen molar-refractivity contribution in [1.29, 1.82) is 0 Å². The van der Waals surface area contributed by atoms with E-state index in [4.69, 9.17) is 9.72 Å². The number of nitrogens with zero attached hydrogens (tertiary/aromatic N) is 5. The smallest absolute Gasteiger partial charge is 0.257 e. The maximum Gasteiger partial charge on any atom is 0.257 e. The van der Waals surface area contributed by atoms with Crippen molar-refractivity contribution in [3.63, 3.8) is 0 Å². The van der Waals surface area contributed by atoms with Crippen LogP contribution in [0.5, 0.6) is 0 Å². The molecule has 1 aliphatic rings. The van der Waals surface area contributed by atoms with Gasteiger partial charge < -0.3 is 14.5 Å². The molecule has 7 heteroatoms. The van der Waals surface area contributed by atoms with Gasteiger partial charge in [-0.2, -0.15) is 0 Å². The number of ether oxygens (including phenoxy) is 1. The van der Waals surface area contributed by atoms with Crippen molar-refractivity contribution in [3.8, 4) is 0 Å². The van der Waals surface area contributed by atoms with E-state index in [0.29, 0.717) is 36.9 Å². The zero-order chi connectivity index (χ0) is 23.5. The van der Waals surface area contributed by atoms with Gasteiger partial charge in [0.05, 0.1) is 30.1 Å². The normalized spacial score (nSPS) is 16.0. The van der Waals surface area contributed by atoms with Crippen molar-refractivity contribution in [2.24, 2.45) is 0 Å². The van der Waals surface area contributed by atoms with Gasteiger partial charge in [0.25, 0.3) is 5.91 Å². The Morgan fingerprint density at radius 1 is 1.09 bits per heavy atom. The third-order valence-electron chi connectivity index (χ3n) is 5.84. The van der Waals surface area contributed by atoms with Gasteiger partial charge in [-0.15, -0.1) is 0 Å². The first-order chi connectivity index (χ1) is 15.8. The first-order valence-corrected chi connectivity index (χ1v) is 11.2. The van der Waals surface area contributed by atoms with E-state index >= 15 is 0 Å². The van der Waals surface area contributed by atoms with E-state index in [1.807, 2.05) is 37.7 Å². The molecular weight excluding hydrogens is 414 g/mol. The Labute approximate surface area is 195 Å². The third kappa shape index (κ3) is 5.37. The summed E-state index contributed by atoms with van der Waals surface area (Å²) in [6, 6.07) is 12.8. The molecule has 4 rings (SSSR count). The van der Waals surface area contributed by atoms with E-state index in [9.17, 15) is 4.79 Å². The lowest BCUT2D eigenvalue weighted by Crippen LogP contribution is -2.43. The average Bonchev–Trinajstić information content (AvgIpc) is 2.80. The molecule has 1 saturated heterocycles. The molecule has 1 amide bonds. The number of hydrogen-bond acceptors (Lipinski definition) is 6. The first kappa shape index (κ1) is 22.9. The quantitative estimate of drug-likeness (QED) is 0.597. The summed E-state index contributed by atoms with van der Waals surface area (Å²) in [6.07, 6.45) is 2.19. The molecule has 0 radical (unpaired) electrons. The lowest BCUT2D eigenvalue weighted by molar-refractivity contribution is -0.0248. The summed E-state index contributed by atoms with van der Waals surface area (Å²) >= 11 is 0. The van der Waals surface area contributed by atoms with Gasteiger partial charge in [0, 0.05) is 32.5 Å². The van der Waals surface area contributed by atoms with Crippen LogP contribution < -0.4 is 4.90 Å². The molecule has 1 aromatic carbocycles. The van der Waals surface area contributed by atoms with Crippen LogP contribution in [0.15, 0.2) is 42.6 Å². The van der Waals surface area contributed by atoms with Crippen LogP contribution in [0, 0.1) is 20.8 Å². The molecule has 0 aliphatic carbocycles. The van der Waals surface area contributed by atoms with Gasteiger partial charge in [-0.3, -0.25) is 9.78 Å². The monoisotopic (exact) mass is 445 g/mol. The summed E-state index contributed by atoms with van der Waals surface area (Å²) in [6.45, 7) is 7.39. The number of morpholine rings is 1. The second-order valence-electron chi connectivity index (χ2n) is 8.88. The largest absolute Gasteiger partial charge is 0.368 e. The molecule has 0 spiro atoms. The molecule has 0 saturated carbocycles. The fraction of sp³-hybridized carbons (Fsp3) is 0.385. The van der Waals surface area contributed by atoms with E-state index in [0.717, 1.165) is 17.8 Å². The minimum Gasteiger partial charge on any atom is -0.368 e. The predicted molar refractivity (Wildman–Crippen MR) is 129 cm³/mol. The summed E-state index contributed by atoms with van der Waals surface area (Å²) in [7, 11) is 3.76. The second-order valence-corrected chi connectivity index (χ2v) is 8.88. The van der Waals surface area contributed by atoms with E-state index in [2.05, 4.69) is 53.3 Å². The topological polar surface area (TPSA) is 71.5 Å². The molecular formula is C26H31N5O2. The fourth-order valence-electron chi connectivity index (χ4n) is 4.04. The molecule has 1 fully saturated rings. The Hall–Kier alpha value is -3.32. The van der Waals surface area contributed by atoms with Crippen molar-refractivity contribution in [2.45, 2.75) is 33.3 Å². The Bertz CT molecular complexity index is 1140. The number of pyridine rings is 1. The molecule has 2 aromatic heterocycles. The van der Waals surface area contributed by atoms with E-state index in [1.165, 1.54) is 16.7 Å². The summed E-state index contributed by atoms with van der Waals surface area (Å²) in [5.74, 6) is 0.521. The van der Waals surface area contributed by atoms with Crippen LogP contribution in [-0.4, -0.2) is 59.6 Å². The highest BCUT2D eigenvalue weighted by Crippen LogP contribution is 2.25. The van der Waals surface area contributed by atoms with Gasteiger partial charge in [0.2, 0.25) is 5.95 Å². The third-order valence-corrected chi connectivity index (χ3v) is 5.84. The first-order valence-electron chi connectivity index (χ1n) is 11.2. The lowest BCUT2D eigenvalue weighted by Gasteiger charge is -2.33. The molecule has 1 aliphatic heterocycles. The molecule has 3 heterocycles. The van der Waals surface area contributed by atoms with Crippen LogP contribution in [0.3, 0.4) is 0 Å². The van der Waals surface area contributed by atoms with Crippen molar-refractivity contribution >= 4 is 11.9 Å². The molecule has 1 unspecified atom stereocenters. The summed E-state index contributed by atoms with van der Waals surface area (Å²) in [5, 5.41) is 0. The number of aryl methyl sites for hydroxylation is 3. The Morgan fingerprint density at radius 3 is 2.55 bits per heavy atom. The van der Waals surface area contributed by atoms with E-state index in [-0.39, 0.29) is 12.0 Å². The zero-order valence-electron chi connectivity index (χ0n) is 20.0. The molecule has 1 atom stereocenters. The fourth-order valence-corrected chi connectivity index (χ4v) is 4.04. The molecule has 0 N–H and O–H groups in total. The SMILES string of the molecule is Cc1ccc(Cc2cc(C)nc(C3CN(C(=O)c4cnc(N(C)C)nc4C)CCO3)c2)cc1. The predicted octanol–water partition coefficient (Wildman–Crippen LogP) is 3.67. The van der Waals surface area contributed by atoms with Crippen LogP contribution in [0.25, 0.3) is 0 Å². The summed E-state index contributed by atoms with van der Waals surface area (Å²) < 4.78 is 6.04. The number of benzene rings is 1. The number of hydrogen-bond donors (Lipinski definition) is 0. The minimum absolute atomic E-state index is 0.0707.